The Morgan fingerprint density at radius 1 is 1.16 bits per heavy atom. The Hall–Kier alpha value is -1.56. The summed E-state index contributed by atoms with van der Waals surface area (Å²) in [6.07, 6.45) is 0. The zero-order chi connectivity index (χ0) is 14.0. The summed E-state index contributed by atoms with van der Waals surface area (Å²) in [5, 5.41) is 11.3. The Balaban J connectivity index is 2.45. The summed E-state index contributed by atoms with van der Waals surface area (Å²) in [7, 11) is 0. The molecule has 0 bridgehead atoms. The molecule has 0 aliphatic rings. The summed E-state index contributed by atoms with van der Waals surface area (Å²) in [6.45, 7) is 0. The second kappa shape index (κ2) is 5.61. The van der Waals surface area contributed by atoms with Crippen molar-refractivity contribution in [2.45, 2.75) is 0 Å². The van der Waals surface area contributed by atoms with E-state index in [1.807, 2.05) is 0 Å². The number of nitro groups is 1. The highest BCUT2D eigenvalue weighted by atomic mass is 35.5. The number of benzene rings is 1. The van der Waals surface area contributed by atoms with Crippen molar-refractivity contribution in [3.8, 4) is 11.6 Å². The maximum Gasteiger partial charge on any atom is 0.331 e. The van der Waals surface area contributed by atoms with Crippen molar-refractivity contribution >= 4 is 40.5 Å². The van der Waals surface area contributed by atoms with E-state index in [0.717, 1.165) is 0 Å². The van der Waals surface area contributed by atoms with Crippen LogP contribution in [0.5, 0.6) is 11.6 Å². The normalized spacial score (nSPS) is 10.3. The van der Waals surface area contributed by atoms with Crippen LogP contribution in [0.1, 0.15) is 0 Å². The van der Waals surface area contributed by atoms with E-state index >= 15 is 0 Å². The first-order valence-corrected chi connectivity index (χ1v) is 6.05. The number of halogens is 3. The van der Waals surface area contributed by atoms with Crippen LogP contribution in [0.3, 0.4) is 0 Å². The first-order chi connectivity index (χ1) is 8.99. The average molecular weight is 320 g/mol. The summed E-state index contributed by atoms with van der Waals surface area (Å²) >= 11 is 17.4. The van der Waals surface area contributed by atoms with E-state index in [1.165, 1.54) is 18.2 Å². The second-order valence-corrected chi connectivity index (χ2v) is 4.54. The number of hydrogen-bond acceptors (Lipinski definition) is 4. The molecule has 0 aliphatic heterocycles. The lowest BCUT2D eigenvalue weighted by Crippen LogP contribution is -1.96. The molecule has 0 aliphatic carbocycles. The number of aromatic nitrogens is 1. The van der Waals surface area contributed by atoms with Crippen LogP contribution < -0.4 is 4.74 Å². The molecule has 1 aromatic carbocycles. The fourth-order valence-corrected chi connectivity index (χ4v) is 1.76. The van der Waals surface area contributed by atoms with Crippen molar-refractivity contribution in [2.24, 2.45) is 0 Å². The van der Waals surface area contributed by atoms with Gasteiger partial charge in [0, 0.05) is 6.07 Å². The van der Waals surface area contributed by atoms with Gasteiger partial charge in [0.25, 0.3) is 0 Å². The molecule has 0 amide bonds. The topological polar surface area (TPSA) is 65.3 Å². The minimum absolute atomic E-state index is 0.0683. The smallest absolute Gasteiger partial charge is 0.331 e. The molecule has 0 fully saturated rings. The van der Waals surface area contributed by atoms with E-state index in [1.54, 1.807) is 12.1 Å². The Morgan fingerprint density at radius 3 is 2.58 bits per heavy atom. The highest BCUT2D eigenvalue weighted by Crippen LogP contribution is 2.37. The number of rotatable bonds is 3. The van der Waals surface area contributed by atoms with Crippen LogP contribution in [-0.4, -0.2) is 9.91 Å². The predicted molar refractivity (Wildman–Crippen MR) is 72.4 cm³/mol. The van der Waals surface area contributed by atoms with Gasteiger partial charge in [0.15, 0.2) is 0 Å². The summed E-state index contributed by atoms with van der Waals surface area (Å²) in [6, 6.07) is 7.17. The minimum atomic E-state index is -0.628. The molecule has 8 heteroatoms. The van der Waals surface area contributed by atoms with Crippen molar-refractivity contribution in [1.29, 1.82) is 0 Å². The summed E-state index contributed by atoms with van der Waals surface area (Å²) < 4.78 is 5.31. The van der Waals surface area contributed by atoms with Crippen LogP contribution in [0.2, 0.25) is 15.2 Å². The van der Waals surface area contributed by atoms with Gasteiger partial charge in [0.2, 0.25) is 0 Å². The molecule has 0 saturated heterocycles. The standard InChI is InChI=1S/C11H5Cl3N2O3/c12-6-2-1-3-8(10(6)14)19-11-7(16(17)18)4-5-9(13)15-11/h1-5H. The van der Waals surface area contributed by atoms with Gasteiger partial charge in [-0.1, -0.05) is 40.9 Å². The summed E-state index contributed by atoms with van der Waals surface area (Å²) in [5.41, 5.74) is -0.319. The largest absolute Gasteiger partial charge is 0.432 e. The van der Waals surface area contributed by atoms with Crippen molar-refractivity contribution in [3.63, 3.8) is 0 Å². The maximum absolute atomic E-state index is 10.9. The van der Waals surface area contributed by atoms with Crippen LogP contribution in [0.15, 0.2) is 30.3 Å². The fraction of sp³-hybridized carbons (Fsp3) is 0. The number of pyridine rings is 1. The fourth-order valence-electron chi connectivity index (χ4n) is 1.29. The molecule has 5 nitrogen and oxygen atoms in total. The first-order valence-electron chi connectivity index (χ1n) is 4.92. The van der Waals surface area contributed by atoms with Gasteiger partial charge in [-0.15, -0.1) is 0 Å². The van der Waals surface area contributed by atoms with Crippen LogP contribution >= 0.6 is 34.8 Å². The first kappa shape index (κ1) is 13.9. The van der Waals surface area contributed by atoms with Crippen LogP contribution in [0, 0.1) is 10.1 Å². The Bertz CT molecular complexity index is 649. The Morgan fingerprint density at radius 2 is 1.89 bits per heavy atom. The van der Waals surface area contributed by atoms with E-state index in [0.29, 0.717) is 0 Å². The molecule has 2 rings (SSSR count). The molecule has 98 valence electrons. The lowest BCUT2D eigenvalue weighted by atomic mass is 10.3. The average Bonchev–Trinajstić information content (AvgIpc) is 2.35. The van der Waals surface area contributed by atoms with E-state index in [2.05, 4.69) is 4.98 Å². The highest BCUT2D eigenvalue weighted by molar-refractivity contribution is 6.42. The highest BCUT2D eigenvalue weighted by Gasteiger charge is 2.19. The van der Waals surface area contributed by atoms with Crippen LogP contribution in [-0.2, 0) is 0 Å². The lowest BCUT2D eigenvalue weighted by molar-refractivity contribution is -0.386. The Kier molecular flexibility index (Phi) is 4.09. The monoisotopic (exact) mass is 318 g/mol. The number of hydrogen-bond donors (Lipinski definition) is 0. The molecule has 0 radical (unpaired) electrons. The van der Waals surface area contributed by atoms with Crippen LogP contribution in [0.25, 0.3) is 0 Å². The van der Waals surface area contributed by atoms with Gasteiger partial charge in [-0.25, -0.2) is 0 Å². The summed E-state index contributed by atoms with van der Waals surface area (Å²) in [4.78, 5) is 14.0. The van der Waals surface area contributed by atoms with Crippen molar-refractivity contribution in [3.05, 3.63) is 55.6 Å². The maximum atomic E-state index is 10.9. The molecule has 0 spiro atoms. The van der Waals surface area contributed by atoms with E-state index in [9.17, 15) is 10.1 Å². The van der Waals surface area contributed by atoms with Gasteiger partial charge in [0.1, 0.15) is 15.9 Å². The van der Waals surface area contributed by atoms with Crippen molar-refractivity contribution in [1.82, 2.24) is 4.98 Å². The SMILES string of the molecule is O=[N+]([O-])c1ccc(Cl)nc1Oc1cccc(Cl)c1Cl. The third-order valence-corrected chi connectivity index (χ3v) is 3.14. The number of nitrogens with zero attached hydrogens (tertiary/aromatic N) is 2. The van der Waals surface area contributed by atoms with Gasteiger partial charge in [-0.05, 0) is 18.2 Å². The van der Waals surface area contributed by atoms with Crippen LogP contribution in [0.4, 0.5) is 5.69 Å². The molecule has 19 heavy (non-hydrogen) atoms. The summed E-state index contributed by atoms with van der Waals surface area (Å²) in [5.74, 6) is -0.0892. The molecule has 1 heterocycles. The zero-order valence-corrected chi connectivity index (χ0v) is 11.4. The molecule has 2 aromatic rings. The van der Waals surface area contributed by atoms with E-state index in [-0.39, 0.29) is 32.5 Å². The third kappa shape index (κ3) is 3.07. The molecule has 1 aromatic heterocycles. The van der Waals surface area contributed by atoms with Crippen molar-refractivity contribution in [2.75, 3.05) is 0 Å². The molecule has 0 unspecified atom stereocenters. The number of ether oxygens (including phenoxy) is 1. The predicted octanol–water partition coefficient (Wildman–Crippen LogP) is 4.74. The quantitative estimate of drug-likeness (QED) is 0.465. The second-order valence-electron chi connectivity index (χ2n) is 3.37. The minimum Gasteiger partial charge on any atom is -0.432 e. The molecular formula is C11H5Cl3N2O3. The van der Waals surface area contributed by atoms with Gasteiger partial charge in [0.05, 0.1) is 9.95 Å². The van der Waals surface area contributed by atoms with Gasteiger partial charge in [-0.2, -0.15) is 4.98 Å². The van der Waals surface area contributed by atoms with E-state index in [4.69, 9.17) is 39.5 Å². The molecule has 0 saturated carbocycles. The zero-order valence-electron chi connectivity index (χ0n) is 9.14. The van der Waals surface area contributed by atoms with Gasteiger partial charge >= 0.3 is 11.6 Å². The molecule has 0 N–H and O–H groups in total. The van der Waals surface area contributed by atoms with Gasteiger partial charge < -0.3 is 4.74 Å². The van der Waals surface area contributed by atoms with Crippen molar-refractivity contribution < 1.29 is 9.66 Å². The van der Waals surface area contributed by atoms with Gasteiger partial charge in [-0.3, -0.25) is 10.1 Å². The molecule has 0 atom stereocenters. The Labute approximate surface area is 122 Å². The molecular weight excluding hydrogens is 314 g/mol. The lowest BCUT2D eigenvalue weighted by Gasteiger charge is -2.07. The van der Waals surface area contributed by atoms with E-state index < -0.39 is 4.92 Å². The third-order valence-electron chi connectivity index (χ3n) is 2.13.